The third kappa shape index (κ3) is 4.71. The quantitative estimate of drug-likeness (QED) is 0.919. The Labute approximate surface area is 145 Å². The van der Waals surface area contributed by atoms with Crippen LogP contribution in [0.2, 0.25) is 0 Å². The highest BCUT2D eigenvalue weighted by Crippen LogP contribution is 2.14. The van der Waals surface area contributed by atoms with Crippen LogP contribution in [-0.4, -0.2) is 67.3 Å². The number of amides is 2. The fourth-order valence-electron chi connectivity index (χ4n) is 3.56. The predicted molar refractivity (Wildman–Crippen MR) is 95.1 cm³/mol. The van der Waals surface area contributed by atoms with Crippen molar-refractivity contribution >= 4 is 6.03 Å². The molecule has 3 rings (SSSR count). The first-order chi connectivity index (χ1) is 11.7. The second kappa shape index (κ2) is 8.49. The number of hydrogen-bond acceptors (Lipinski definition) is 3. The summed E-state index contributed by atoms with van der Waals surface area (Å²) in [6, 6.07) is 10.7. The minimum absolute atomic E-state index is 0.0753. The van der Waals surface area contributed by atoms with Gasteiger partial charge in [0.1, 0.15) is 0 Å². The van der Waals surface area contributed by atoms with Crippen LogP contribution in [0.4, 0.5) is 4.79 Å². The summed E-state index contributed by atoms with van der Waals surface area (Å²) in [5, 5.41) is 3.22. The van der Waals surface area contributed by atoms with Crippen LogP contribution in [0.1, 0.15) is 25.3 Å². The second-order valence-corrected chi connectivity index (χ2v) is 6.79. The molecule has 2 saturated heterocycles. The largest absolute Gasteiger partial charge is 0.374 e. The third-order valence-corrected chi connectivity index (χ3v) is 5.09. The molecule has 2 heterocycles. The lowest BCUT2D eigenvalue weighted by molar-refractivity contribution is -0.0139. The first kappa shape index (κ1) is 17.2. The van der Waals surface area contributed by atoms with Crippen LogP contribution >= 0.6 is 0 Å². The predicted octanol–water partition coefficient (Wildman–Crippen LogP) is 2.12. The summed E-state index contributed by atoms with van der Waals surface area (Å²) in [7, 11) is 0. The van der Waals surface area contributed by atoms with Crippen molar-refractivity contribution < 1.29 is 9.53 Å². The number of piperidine rings is 1. The summed E-state index contributed by atoms with van der Waals surface area (Å²) in [6.07, 6.45) is 3.06. The van der Waals surface area contributed by atoms with E-state index in [0.29, 0.717) is 25.7 Å². The molecule has 2 amide bonds. The smallest absolute Gasteiger partial charge is 0.317 e. The van der Waals surface area contributed by atoms with Gasteiger partial charge in [0, 0.05) is 38.6 Å². The van der Waals surface area contributed by atoms with Crippen LogP contribution in [0.25, 0.3) is 0 Å². The Balaban J connectivity index is 1.46. The van der Waals surface area contributed by atoms with Gasteiger partial charge in [-0.3, -0.25) is 0 Å². The molecule has 0 spiro atoms. The van der Waals surface area contributed by atoms with E-state index in [0.717, 1.165) is 38.9 Å². The summed E-state index contributed by atoms with van der Waals surface area (Å²) in [6.45, 7) is 7.45. The molecule has 0 aromatic heterocycles. The van der Waals surface area contributed by atoms with E-state index in [1.54, 1.807) is 0 Å². The molecule has 5 nitrogen and oxygen atoms in total. The number of likely N-dealkylation sites (tertiary alicyclic amines) is 1. The molecule has 2 aliphatic rings. The van der Waals surface area contributed by atoms with Crippen molar-refractivity contribution in [3.8, 4) is 0 Å². The highest BCUT2D eigenvalue weighted by molar-refractivity contribution is 5.74. The lowest BCUT2D eigenvalue weighted by atomic mass is 10.1. The molecule has 2 aliphatic heterocycles. The zero-order chi connectivity index (χ0) is 16.8. The Morgan fingerprint density at radius 1 is 1.21 bits per heavy atom. The van der Waals surface area contributed by atoms with E-state index < -0.39 is 0 Å². The molecule has 1 aromatic carbocycles. The van der Waals surface area contributed by atoms with E-state index in [4.69, 9.17) is 4.74 Å². The Morgan fingerprint density at radius 3 is 2.67 bits per heavy atom. The van der Waals surface area contributed by atoms with Crippen molar-refractivity contribution in [1.82, 2.24) is 15.1 Å². The average Bonchev–Trinajstić information content (AvgIpc) is 2.63. The molecule has 1 atom stereocenters. The van der Waals surface area contributed by atoms with Gasteiger partial charge in [0.15, 0.2) is 0 Å². The maximum absolute atomic E-state index is 12.6. The van der Waals surface area contributed by atoms with Gasteiger partial charge in [-0.25, -0.2) is 4.79 Å². The first-order valence-corrected chi connectivity index (χ1v) is 9.18. The number of morpholine rings is 1. The van der Waals surface area contributed by atoms with Gasteiger partial charge in [0.25, 0.3) is 0 Å². The van der Waals surface area contributed by atoms with Crippen LogP contribution in [0.3, 0.4) is 0 Å². The van der Waals surface area contributed by atoms with Gasteiger partial charge in [-0.05, 0) is 24.9 Å². The molecule has 24 heavy (non-hydrogen) atoms. The SMILES string of the molecule is CCN1CCC(NC(=O)N2CCO[C@H](Cc3ccccc3)C2)CC1. The van der Waals surface area contributed by atoms with Crippen molar-refractivity contribution in [2.24, 2.45) is 0 Å². The first-order valence-electron chi connectivity index (χ1n) is 9.18. The van der Waals surface area contributed by atoms with Crippen LogP contribution < -0.4 is 5.32 Å². The molecule has 0 aliphatic carbocycles. The van der Waals surface area contributed by atoms with Crippen molar-refractivity contribution in [1.29, 1.82) is 0 Å². The van der Waals surface area contributed by atoms with Crippen molar-refractivity contribution in [3.63, 3.8) is 0 Å². The number of urea groups is 1. The molecule has 1 N–H and O–H groups in total. The number of benzene rings is 1. The molecule has 0 bridgehead atoms. The maximum Gasteiger partial charge on any atom is 0.317 e. The van der Waals surface area contributed by atoms with Crippen molar-refractivity contribution in [3.05, 3.63) is 35.9 Å². The lowest BCUT2D eigenvalue weighted by Gasteiger charge is -2.36. The minimum Gasteiger partial charge on any atom is -0.374 e. The molecule has 2 fully saturated rings. The molecule has 0 unspecified atom stereocenters. The van der Waals surface area contributed by atoms with Gasteiger partial charge < -0.3 is 19.9 Å². The number of carbonyl (C=O) groups excluding carboxylic acids is 1. The summed E-state index contributed by atoms with van der Waals surface area (Å²) in [4.78, 5) is 16.9. The molecule has 0 radical (unpaired) electrons. The van der Waals surface area contributed by atoms with E-state index in [1.165, 1.54) is 5.56 Å². The standard InChI is InChI=1S/C19H29N3O2/c1-2-21-10-8-17(9-11-21)20-19(23)22-12-13-24-18(15-22)14-16-6-4-3-5-7-16/h3-7,17-18H,2,8-15H2,1H3,(H,20,23)/t18-/m1/s1. The van der Waals surface area contributed by atoms with Crippen LogP contribution in [0.5, 0.6) is 0 Å². The van der Waals surface area contributed by atoms with E-state index >= 15 is 0 Å². The van der Waals surface area contributed by atoms with Gasteiger partial charge in [0.05, 0.1) is 12.7 Å². The topological polar surface area (TPSA) is 44.8 Å². The molecule has 132 valence electrons. The third-order valence-electron chi connectivity index (χ3n) is 5.09. The Kier molecular flexibility index (Phi) is 6.10. The maximum atomic E-state index is 12.6. The number of nitrogens with zero attached hydrogens (tertiary/aromatic N) is 2. The molecule has 5 heteroatoms. The zero-order valence-electron chi connectivity index (χ0n) is 14.6. The van der Waals surface area contributed by atoms with Crippen molar-refractivity contribution in [2.75, 3.05) is 39.3 Å². The Morgan fingerprint density at radius 2 is 1.96 bits per heavy atom. The minimum atomic E-state index is 0.0753. The fourth-order valence-corrected chi connectivity index (χ4v) is 3.56. The number of ether oxygens (including phenoxy) is 1. The summed E-state index contributed by atoms with van der Waals surface area (Å²) < 4.78 is 5.85. The molecule has 1 aromatic rings. The second-order valence-electron chi connectivity index (χ2n) is 6.79. The number of rotatable bonds is 4. The normalized spacial score (nSPS) is 23.2. The number of carbonyl (C=O) groups is 1. The molecular weight excluding hydrogens is 302 g/mol. The lowest BCUT2D eigenvalue weighted by Crippen LogP contribution is -2.53. The van der Waals surface area contributed by atoms with Crippen molar-refractivity contribution in [2.45, 2.75) is 38.3 Å². The van der Waals surface area contributed by atoms with Crippen LogP contribution in [-0.2, 0) is 11.2 Å². The van der Waals surface area contributed by atoms with Gasteiger partial charge in [-0.15, -0.1) is 0 Å². The van der Waals surface area contributed by atoms with Gasteiger partial charge in [-0.2, -0.15) is 0 Å². The summed E-state index contributed by atoms with van der Waals surface area (Å²) in [5.41, 5.74) is 1.26. The van der Waals surface area contributed by atoms with E-state index in [1.807, 2.05) is 23.1 Å². The number of nitrogens with one attached hydrogen (secondary N) is 1. The monoisotopic (exact) mass is 331 g/mol. The Hall–Kier alpha value is -1.59. The van der Waals surface area contributed by atoms with E-state index in [2.05, 4.69) is 29.3 Å². The fraction of sp³-hybridized carbons (Fsp3) is 0.632. The Bertz CT molecular complexity index is 515. The summed E-state index contributed by atoms with van der Waals surface area (Å²) >= 11 is 0. The highest BCUT2D eigenvalue weighted by Gasteiger charge is 2.27. The zero-order valence-corrected chi connectivity index (χ0v) is 14.6. The van der Waals surface area contributed by atoms with Gasteiger partial charge >= 0.3 is 6.03 Å². The van der Waals surface area contributed by atoms with E-state index in [9.17, 15) is 4.79 Å². The van der Waals surface area contributed by atoms with Gasteiger partial charge in [0.2, 0.25) is 0 Å². The molecule has 0 saturated carbocycles. The highest BCUT2D eigenvalue weighted by atomic mass is 16.5. The number of hydrogen-bond donors (Lipinski definition) is 1. The van der Waals surface area contributed by atoms with E-state index in [-0.39, 0.29) is 12.1 Å². The van der Waals surface area contributed by atoms with Crippen LogP contribution in [0, 0.1) is 0 Å². The van der Waals surface area contributed by atoms with Crippen LogP contribution in [0.15, 0.2) is 30.3 Å². The summed E-state index contributed by atoms with van der Waals surface area (Å²) in [5.74, 6) is 0. The average molecular weight is 331 g/mol. The van der Waals surface area contributed by atoms with Gasteiger partial charge in [-0.1, -0.05) is 37.3 Å². The molecular formula is C19H29N3O2.